The fraction of sp³-hybridized carbons (Fsp3) is 0.0476. The molecule has 0 fully saturated rings. The topological polar surface area (TPSA) is 23.0 Å². The van der Waals surface area contributed by atoms with E-state index in [1.54, 1.807) is 0 Å². The smallest absolute Gasteiger partial charge is 0.137 e. The second kappa shape index (κ2) is 13.4. The second-order valence-electron chi connectivity index (χ2n) is 18.9. The minimum Gasteiger partial charge on any atom is -0.456 e. The first-order valence-electron chi connectivity index (χ1n) is 23.1. The van der Waals surface area contributed by atoms with Gasteiger partial charge < -0.3 is 13.6 Å². The fourth-order valence-electron chi connectivity index (χ4n) is 11.7. The first kappa shape index (κ1) is 37.1. The zero-order valence-corrected chi connectivity index (χ0v) is 37.7. The Bertz CT molecular complexity index is 4410. The van der Waals surface area contributed by atoms with Gasteiger partial charge in [-0.2, -0.15) is 0 Å². The predicted octanol–water partition coefficient (Wildman–Crippen LogP) is 17.8. The highest BCUT2D eigenvalue weighted by Crippen LogP contribution is 2.51. The van der Waals surface area contributed by atoms with E-state index in [2.05, 4.69) is 223 Å². The molecule has 1 aliphatic carbocycles. The third kappa shape index (κ3) is 5.22. The largest absolute Gasteiger partial charge is 0.456 e. The quantitative estimate of drug-likeness (QED) is 0.173. The minimum atomic E-state index is -0.0943. The van der Waals surface area contributed by atoms with Gasteiger partial charge >= 0.3 is 0 Å². The van der Waals surface area contributed by atoms with Gasteiger partial charge in [0.2, 0.25) is 0 Å². The van der Waals surface area contributed by atoms with Gasteiger partial charge in [0.1, 0.15) is 11.2 Å². The molecular formula is C63H40N2OS. The van der Waals surface area contributed by atoms with Gasteiger partial charge in [-0.3, -0.25) is 0 Å². The summed E-state index contributed by atoms with van der Waals surface area (Å²) in [6.45, 7) is 4.74. The van der Waals surface area contributed by atoms with E-state index in [4.69, 9.17) is 4.42 Å². The van der Waals surface area contributed by atoms with Crippen molar-refractivity contribution >= 4 is 97.1 Å². The maximum absolute atomic E-state index is 6.53. The van der Waals surface area contributed by atoms with Gasteiger partial charge in [0.05, 0.1) is 22.1 Å². The van der Waals surface area contributed by atoms with E-state index in [0.29, 0.717) is 0 Å². The zero-order chi connectivity index (χ0) is 44.1. The number of fused-ring (bicyclic) bond motifs is 15. The van der Waals surface area contributed by atoms with Gasteiger partial charge in [-0.05, 0) is 136 Å². The molecule has 3 nitrogen and oxygen atoms in total. The number of thiophene rings is 1. The van der Waals surface area contributed by atoms with Crippen molar-refractivity contribution in [3.8, 4) is 44.8 Å². The molecule has 0 N–H and O–H groups in total. The van der Waals surface area contributed by atoms with Gasteiger partial charge in [0.25, 0.3) is 0 Å². The highest BCUT2D eigenvalue weighted by molar-refractivity contribution is 7.25. The molecule has 0 saturated heterocycles. The molecule has 0 bridgehead atoms. The summed E-state index contributed by atoms with van der Waals surface area (Å²) in [5, 5.41) is 9.83. The van der Waals surface area contributed by atoms with E-state index >= 15 is 0 Å². The van der Waals surface area contributed by atoms with E-state index in [9.17, 15) is 0 Å². The van der Waals surface area contributed by atoms with Gasteiger partial charge in [-0.15, -0.1) is 11.3 Å². The number of hydrogen-bond donors (Lipinski definition) is 0. The van der Waals surface area contributed by atoms with E-state index in [1.807, 2.05) is 17.4 Å². The molecule has 1 aliphatic rings. The van der Waals surface area contributed by atoms with Crippen molar-refractivity contribution in [2.24, 2.45) is 0 Å². The predicted molar refractivity (Wildman–Crippen MR) is 284 cm³/mol. The molecule has 4 heteroatoms. The van der Waals surface area contributed by atoms with Crippen molar-refractivity contribution in [1.82, 2.24) is 9.13 Å². The number of furan rings is 1. The Morgan fingerprint density at radius 2 is 0.910 bits per heavy atom. The summed E-state index contributed by atoms with van der Waals surface area (Å²) in [5.74, 6) is 0. The Hall–Kier alpha value is -8.18. The molecule has 14 aromatic rings. The van der Waals surface area contributed by atoms with Gasteiger partial charge in [-0.1, -0.05) is 123 Å². The van der Waals surface area contributed by atoms with Crippen LogP contribution in [0.2, 0.25) is 0 Å². The van der Waals surface area contributed by atoms with Crippen LogP contribution in [0.5, 0.6) is 0 Å². The van der Waals surface area contributed by atoms with Crippen molar-refractivity contribution in [2.75, 3.05) is 0 Å². The van der Waals surface area contributed by atoms with Crippen LogP contribution in [0.15, 0.2) is 211 Å². The van der Waals surface area contributed by atoms with Crippen LogP contribution in [0.3, 0.4) is 0 Å². The summed E-state index contributed by atoms with van der Waals surface area (Å²) in [4.78, 5) is 0. The average molecular weight is 873 g/mol. The van der Waals surface area contributed by atoms with Crippen molar-refractivity contribution < 1.29 is 4.42 Å². The van der Waals surface area contributed by atoms with Crippen LogP contribution < -0.4 is 0 Å². The third-order valence-electron chi connectivity index (χ3n) is 14.9. The highest BCUT2D eigenvalue weighted by Gasteiger charge is 2.36. The molecule has 0 saturated carbocycles. The Labute approximate surface area is 390 Å². The second-order valence-corrected chi connectivity index (χ2v) is 20.0. The lowest BCUT2D eigenvalue weighted by molar-refractivity contribution is 0.661. The van der Waals surface area contributed by atoms with Crippen LogP contribution in [0.1, 0.15) is 25.0 Å². The molecule has 0 unspecified atom stereocenters. The number of benzene rings is 10. The lowest BCUT2D eigenvalue weighted by Gasteiger charge is -2.21. The Morgan fingerprint density at radius 3 is 1.70 bits per heavy atom. The van der Waals surface area contributed by atoms with E-state index in [-0.39, 0.29) is 5.41 Å². The average Bonchev–Trinajstić information content (AvgIpc) is 4.15. The zero-order valence-electron chi connectivity index (χ0n) is 36.8. The molecule has 0 amide bonds. The minimum absolute atomic E-state index is 0.0943. The van der Waals surface area contributed by atoms with Gasteiger partial charge in [-0.25, -0.2) is 0 Å². The van der Waals surface area contributed by atoms with Crippen LogP contribution in [0.25, 0.3) is 130 Å². The molecule has 4 heterocycles. The summed E-state index contributed by atoms with van der Waals surface area (Å²) < 4.78 is 14.0. The molecule has 10 aromatic carbocycles. The van der Waals surface area contributed by atoms with Gasteiger partial charge in [0.15, 0.2) is 0 Å². The molecule has 0 atom stereocenters. The fourth-order valence-corrected chi connectivity index (χ4v) is 12.7. The highest BCUT2D eigenvalue weighted by atomic mass is 32.1. The summed E-state index contributed by atoms with van der Waals surface area (Å²) in [5.41, 5.74) is 19.0. The first-order valence-corrected chi connectivity index (χ1v) is 24.0. The molecule has 314 valence electrons. The van der Waals surface area contributed by atoms with Gasteiger partial charge in [0, 0.05) is 75.3 Å². The Morgan fingerprint density at radius 1 is 0.343 bits per heavy atom. The number of para-hydroxylation sites is 2. The van der Waals surface area contributed by atoms with Crippen LogP contribution in [0.4, 0.5) is 0 Å². The van der Waals surface area contributed by atoms with Crippen molar-refractivity contribution in [3.63, 3.8) is 0 Å². The molecule has 0 spiro atoms. The lowest BCUT2D eigenvalue weighted by atomic mass is 9.82. The summed E-state index contributed by atoms with van der Waals surface area (Å²) in [6.07, 6.45) is 0. The molecule has 4 aromatic heterocycles. The number of rotatable bonds is 4. The summed E-state index contributed by atoms with van der Waals surface area (Å²) in [6, 6.07) is 76.5. The van der Waals surface area contributed by atoms with E-state index < -0.39 is 0 Å². The van der Waals surface area contributed by atoms with E-state index in [1.165, 1.54) is 103 Å². The normalized spacial score (nSPS) is 13.3. The van der Waals surface area contributed by atoms with Crippen LogP contribution >= 0.6 is 11.3 Å². The molecule has 67 heavy (non-hydrogen) atoms. The van der Waals surface area contributed by atoms with Crippen molar-refractivity contribution in [2.45, 2.75) is 19.3 Å². The van der Waals surface area contributed by atoms with Crippen molar-refractivity contribution in [1.29, 1.82) is 0 Å². The Kier molecular flexibility index (Phi) is 7.44. The monoisotopic (exact) mass is 872 g/mol. The number of hydrogen-bond acceptors (Lipinski definition) is 2. The summed E-state index contributed by atoms with van der Waals surface area (Å²) in [7, 11) is 0. The number of aromatic nitrogens is 2. The van der Waals surface area contributed by atoms with E-state index in [0.717, 1.165) is 38.7 Å². The maximum atomic E-state index is 6.53. The van der Waals surface area contributed by atoms with Crippen LogP contribution in [-0.2, 0) is 5.41 Å². The SMILES string of the molecule is CC1(C)c2ccccc2-c2cc3c4cc(-c5ccc6c(c5)c5cc7c(cc5n6-c5ccc(-c6ccc8sc9ccccc9c8c6)cc5)oc5ccccc57)ccc4n(-c4ccccc4)c3cc21. The van der Waals surface area contributed by atoms with Crippen LogP contribution in [-0.4, -0.2) is 9.13 Å². The van der Waals surface area contributed by atoms with Crippen LogP contribution in [0, 0.1) is 0 Å². The third-order valence-corrected chi connectivity index (χ3v) is 16.1. The molecule has 0 radical (unpaired) electrons. The maximum Gasteiger partial charge on any atom is 0.137 e. The Balaban J connectivity index is 0.921. The standard InChI is InChI=1S/C63H40N2OS/c1-63(2)53-17-9-6-14-43(53)46-33-49-47-30-39(22-27-55(47)64(57(49)35-54(46)63)41-12-4-3-5-13-41)40-23-28-56-48(31-40)50-34-51-44-15-7-10-18-59(44)66-60(51)36-58(50)65(56)42-25-20-37(21-26-42)38-24-29-62-52(32-38)45-16-8-11-19-61(45)67-62/h3-36H,1-2H3. The first-order chi connectivity index (χ1) is 32.9. The van der Waals surface area contributed by atoms with Crippen molar-refractivity contribution in [3.05, 3.63) is 217 Å². The number of nitrogens with zero attached hydrogens (tertiary/aromatic N) is 2. The summed E-state index contributed by atoms with van der Waals surface area (Å²) >= 11 is 1.86. The molecular weight excluding hydrogens is 833 g/mol. The molecule has 0 aliphatic heterocycles. The lowest BCUT2D eigenvalue weighted by Crippen LogP contribution is -2.14. The molecule has 15 rings (SSSR count).